The molecular formula is C46H36N10O14S5. The second-order valence-corrected chi connectivity index (χ2v) is 23.1. The number of nitrogens with zero attached hydrogens (tertiary/aromatic N) is 8. The van der Waals surface area contributed by atoms with Crippen molar-refractivity contribution in [3.63, 3.8) is 0 Å². The van der Waals surface area contributed by atoms with E-state index in [4.69, 9.17) is 9.17 Å². The molecule has 2 heterocycles. The quantitative estimate of drug-likeness (QED) is 0.0349. The molecule has 0 spiro atoms. The van der Waals surface area contributed by atoms with Gasteiger partial charge in [-0.05, 0) is 84.4 Å². The van der Waals surface area contributed by atoms with Crippen molar-refractivity contribution in [1.82, 2.24) is 9.97 Å². The number of nitro groups is 1. The Labute approximate surface area is 431 Å². The molecule has 0 aliphatic rings. The highest BCUT2D eigenvalue weighted by molar-refractivity contribution is 7.87. The molecule has 0 bridgehead atoms. The normalized spacial score (nSPS) is 12.4. The molecule has 8 rings (SSSR count). The van der Waals surface area contributed by atoms with Crippen molar-refractivity contribution in [3.05, 3.63) is 137 Å². The molecule has 2 aromatic heterocycles. The Morgan fingerprint density at radius 3 is 1.72 bits per heavy atom. The summed E-state index contributed by atoms with van der Waals surface area (Å²) < 4.78 is 121. The van der Waals surface area contributed by atoms with E-state index in [0.29, 0.717) is 16.9 Å². The predicted molar refractivity (Wildman–Crippen MR) is 274 cm³/mol. The number of nitriles is 1. The molecule has 8 aromatic rings. The Balaban J connectivity index is 1.28. The molecule has 0 amide bonds. The number of azo groups is 2. The van der Waals surface area contributed by atoms with Crippen LogP contribution in [0.4, 0.5) is 50.2 Å². The molecule has 24 nitrogen and oxygen atoms in total. The van der Waals surface area contributed by atoms with Crippen LogP contribution in [0.2, 0.25) is 0 Å². The Kier molecular flexibility index (Phi) is 14.9. The van der Waals surface area contributed by atoms with Gasteiger partial charge in [-0.15, -0.1) is 20.5 Å². The average molecular weight is 1110 g/mol. The topological polar surface area (TPSA) is 340 Å². The predicted octanol–water partition coefficient (Wildman–Crippen LogP) is 10.3. The van der Waals surface area contributed by atoms with Gasteiger partial charge in [-0.1, -0.05) is 47.7 Å². The maximum atomic E-state index is 13.3. The van der Waals surface area contributed by atoms with Crippen LogP contribution < -0.4 is 10.6 Å². The van der Waals surface area contributed by atoms with Crippen molar-refractivity contribution in [2.45, 2.75) is 26.5 Å². The third kappa shape index (κ3) is 11.1. The van der Waals surface area contributed by atoms with Gasteiger partial charge in [-0.3, -0.25) is 26.8 Å². The van der Waals surface area contributed by atoms with Crippen molar-refractivity contribution < 1.29 is 55.3 Å². The van der Waals surface area contributed by atoms with Gasteiger partial charge in [0.2, 0.25) is 5.13 Å². The summed E-state index contributed by atoms with van der Waals surface area (Å²) in [4.78, 5) is 18.7. The van der Waals surface area contributed by atoms with E-state index in [1.807, 2.05) is 36.4 Å². The van der Waals surface area contributed by atoms with Crippen LogP contribution in [0.25, 0.3) is 32.8 Å². The van der Waals surface area contributed by atoms with E-state index in [0.717, 1.165) is 74.8 Å². The van der Waals surface area contributed by atoms with Gasteiger partial charge in [-0.2, -0.15) is 38.9 Å². The lowest BCUT2D eigenvalue weighted by atomic mass is 10.1. The third-order valence-electron chi connectivity index (χ3n) is 11.0. The van der Waals surface area contributed by atoms with Crippen LogP contribution >= 0.6 is 11.3 Å². The Morgan fingerprint density at radius 2 is 1.16 bits per heavy atom. The molecule has 0 aliphatic carbocycles. The number of rotatable bonds is 18. The van der Waals surface area contributed by atoms with Crippen LogP contribution in [0.15, 0.2) is 155 Å². The van der Waals surface area contributed by atoms with Gasteiger partial charge < -0.3 is 10.6 Å². The summed E-state index contributed by atoms with van der Waals surface area (Å²) in [6.07, 6.45) is 0. The van der Waals surface area contributed by atoms with Crippen LogP contribution in [0.1, 0.15) is 11.1 Å². The highest BCUT2D eigenvalue weighted by Crippen LogP contribution is 2.44. The minimum absolute atomic E-state index is 0.00297. The van der Waals surface area contributed by atoms with Gasteiger partial charge in [0.25, 0.3) is 46.2 Å². The first-order valence-corrected chi connectivity index (χ1v) is 27.6. The Hall–Kier alpha value is -8.05. The fourth-order valence-electron chi connectivity index (χ4n) is 7.26. The largest absolute Gasteiger partial charge is 0.339 e. The number of benzene rings is 6. The maximum Gasteiger partial charge on any atom is 0.297 e. The van der Waals surface area contributed by atoms with Crippen LogP contribution in [0.3, 0.4) is 0 Å². The molecule has 6 aromatic carbocycles. The molecule has 0 unspecified atom stereocenters. The summed E-state index contributed by atoms with van der Waals surface area (Å²) in [5, 5.41) is 47.3. The zero-order valence-corrected chi connectivity index (χ0v) is 43.4. The molecule has 75 heavy (non-hydrogen) atoms. The highest BCUT2D eigenvalue weighted by atomic mass is 32.2. The number of thiazole rings is 1. The molecule has 29 heteroatoms. The van der Waals surface area contributed by atoms with Crippen molar-refractivity contribution in [3.8, 4) is 17.3 Å². The number of pyridine rings is 1. The van der Waals surface area contributed by atoms with E-state index in [-0.39, 0.29) is 70.5 Å². The fraction of sp³-hybridized carbons (Fsp3) is 0.109. The summed E-state index contributed by atoms with van der Waals surface area (Å²) in [5.74, 6) is 0.0106. The summed E-state index contributed by atoms with van der Waals surface area (Å²) >= 11 is 0.869. The highest BCUT2D eigenvalue weighted by Gasteiger charge is 2.28. The van der Waals surface area contributed by atoms with E-state index in [1.165, 1.54) is 48.5 Å². The lowest BCUT2D eigenvalue weighted by Gasteiger charge is -2.16. The number of non-ortho nitro benzene ring substituents is 1. The van der Waals surface area contributed by atoms with Crippen molar-refractivity contribution >= 4 is 124 Å². The number of hydrogen-bond donors (Lipinski definition) is 2. The lowest BCUT2D eigenvalue weighted by Crippen LogP contribution is -2.08. The molecule has 384 valence electrons. The smallest absolute Gasteiger partial charge is 0.297 e. The molecule has 2 N–H and O–H groups in total. The SMILES string of the molecule is COS(=O)(=O)c1ccc(Nc2nc(Nc3ccc(S(=O)(=O)OC)cc3)c(N=Nc3nc(-c4ccc5ccccc5c4)c(N=Nc4cc(S(=O)(=O)OC)c5cc([N+](=O)[O-])cc(S(=O)(=O)OC)c5c4)s3)c(C)c2C#N)cc1. The first kappa shape index (κ1) is 53.2. The third-order valence-corrected chi connectivity index (χ3v) is 17.1. The number of hydrogen-bond acceptors (Lipinski definition) is 24. The zero-order chi connectivity index (χ0) is 54.0. The van der Waals surface area contributed by atoms with E-state index in [9.17, 15) is 49.0 Å². The number of nitrogens with one attached hydrogen (secondary N) is 2. The molecular weight excluding hydrogens is 1080 g/mol. The van der Waals surface area contributed by atoms with E-state index in [1.54, 1.807) is 13.0 Å². The zero-order valence-electron chi connectivity index (χ0n) is 39.3. The van der Waals surface area contributed by atoms with Crippen molar-refractivity contribution in [2.24, 2.45) is 20.5 Å². The van der Waals surface area contributed by atoms with Crippen LogP contribution in [-0.4, -0.2) is 77.0 Å². The van der Waals surface area contributed by atoms with Gasteiger partial charge in [0.1, 0.15) is 27.2 Å². The van der Waals surface area contributed by atoms with Crippen LogP contribution in [0, 0.1) is 28.4 Å². The standard InChI is InChI=1S/C46H36N10O14S5/c1-26-38(25-47)43(48-30-12-16-34(17-13-30)72(59,60)67-2)51-44(49-31-14-18-35(19-15-31)73(61,62)68-3)41(26)53-55-46-50-42(29-11-10-27-8-6-7-9-28(27)20-29)45(71-46)54-52-32-21-36-37(39(22-32)74(63,64)69-4)23-33(56(57)58)24-40(36)75(65,66)70-5/h6-24H,1-5H3,(H2,48,49,51). The average Bonchev–Trinajstić information content (AvgIpc) is 3.83. The molecule has 0 atom stereocenters. The number of aromatic nitrogens is 2. The molecule has 0 fully saturated rings. The number of anilines is 4. The van der Waals surface area contributed by atoms with Crippen LogP contribution in [0.5, 0.6) is 0 Å². The second kappa shape index (κ2) is 21.1. The van der Waals surface area contributed by atoms with Crippen molar-refractivity contribution in [2.75, 3.05) is 39.1 Å². The van der Waals surface area contributed by atoms with E-state index in [2.05, 4.69) is 54.7 Å². The van der Waals surface area contributed by atoms with Gasteiger partial charge in [0.05, 0.1) is 54.4 Å². The van der Waals surface area contributed by atoms with Gasteiger partial charge >= 0.3 is 0 Å². The summed E-state index contributed by atoms with van der Waals surface area (Å²) in [5.41, 5.74) is 0.648. The van der Waals surface area contributed by atoms with E-state index >= 15 is 0 Å². The first-order valence-electron chi connectivity index (χ1n) is 21.1. The number of fused-ring (bicyclic) bond motifs is 2. The van der Waals surface area contributed by atoms with Crippen LogP contribution in [-0.2, 0) is 57.2 Å². The van der Waals surface area contributed by atoms with Gasteiger partial charge in [-0.25, -0.2) is 9.97 Å². The fourth-order valence-corrected chi connectivity index (χ4v) is 11.1. The Morgan fingerprint density at radius 1 is 0.613 bits per heavy atom. The lowest BCUT2D eigenvalue weighted by molar-refractivity contribution is -0.384. The number of nitro benzene ring substituents is 1. The van der Waals surface area contributed by atoms with E-state index < -0.39 is 60.9 Å². The monoisotopic (exact) mass is 1110 g/mol. The minimum atomic E-state index is -4.70. The first-order chi connectivity index (χ1) is 35.6. The molecule has 0 radical (unpaired) electrons. The molecule has 0 aliphatic heterocycles. The maximum absolute atomic E-state index is 13.3. The molecule has 0 saturated carbocycles. The van der Waals surface area contributed by atoms with Gasteiger partial charge in [0.15, 0.2) is 16.6 Å². The van der Waals surface area contributed by atoms with Gasteiger partial charge in [0, 0.05) is 45.4 Å². The minimum Gasteiger partial charge on any atom is -0.339 e. The second-order valence-electron chi connectivity index (χ2n) is 15.4. The molecule has 0 saturated heterocycles. The summed E-state index contributed by atoms with van der Waals surface area (Å²) in [6.45, 7) is 1.57. The Bertz CT molecular complexity index is 4190. The summed E-state index contributed by atoms with van der Waals surface area (Å²) in [7, 11) is -13.7. The summed E-state index contributed by atoms with van der Waals surface area (Å²) in [6, 6.07) is 29.6. The van der Waals surface area contributed by atoms with Crippen molar-refractivity contribution in [1.29, 1.82) is 5.26 Å².